The van der Waals surface area contributed by atoms with Crippen molar-refractivity contribution in [2.24, 2.45) is 0 Å². The van der Waals surface area contributed by atoms with E-state index in [2.05, 4.69) is 43.5 Å². The number of ether oxygens (including phenoxy) is 1. The maximum absolute atomic E-state index is 12.4. The summed E-state index contributed by atoms with van der Waals surface area (Å²) in [6.45, 7) is 4.90. The molecule has 0 aromatic heterocycles. The molecule has 0 aliphatic carbocycles. The summed E-state index contributed by atoms with van der Waals surface area (Å²) in [5.74, 6) is -0.0451. The van der Waals surface area contributed by atoms with Gasteiger partial charge in [-0.1, -0.05) is 346 Å². The molecular formula is C72H137NO5. The van der Waals surface area contributed by atoms with Gasteiger partial charge < -0.3 is 20.3 Å². The van der Waals surface area contributed by atoms with Gasteiger partial charge in [0, 0.05) is 12.8 Å². The molecule has 0 aromatic carbocycles. The minimum Gasteiger partial charge on any atom is -0.466 e. The predicted molar refractivity (Wildman–Crippen MR) is 343 cm³/mol. The first-order valence-corrected chi connectivity index (χ1v) is 35.3. The van der Waals surface area contributed by atoms with Crippen molar-refractivity contribution in [1.29, 1.82) is 0 Å². The van der Waals surface area contributed by atoms with E-state index in [1.165, 1.54) is 315 Å². The second kappa shape index (κ2) is 67.6. The lowest BCUT2D eigenvalue weighted by atomic mass is 10.0. The van der Waals surface area contributed by atoms with Crippen LogP contribution in [-0.4, -0.2) is 47.4 Å². The van der Waals surface area contributed by atoms with Crippen LogP contribution in [0.1, 0.15) is 386 Å². The van der Waals surface area contributed by atoms with Gasteiger partial charge in [-0.2, -0.15) is 0 Å². The first-order chi connectivity index (χ1) is 38.5. The standard InChI is InChI=1S/C72H137NO5/c1-3-5-7-9-11-13-14-15-39-43-46-50-54-58-62-66-72(77)78-67-63-59-55-51-47-44-41-38-36-34-32-30-28-26-24-22-20-18-16-17-19-21-23-25-27-29-31-33-35-37-40-42-45-49-53-57-61-65-71(76)73-69(68-74)70(75)64-60-56-52-48-12-10-8-6-4-2/h16,18,22,24,60,64,69-70,74-75H,3-15,17,19-21,23,25-59,61-63,65-68H2,1-2H3,(H,73,76)/b18-16-,24-22-,64-60+. The molecular weight excluding hydrogens is 959 g/mol. The number of rotatable bonds is 66. The quantitative estimate of drug-likeness (QED) is 0.0320. The Labute approximate surface area is 487 Å². The maximum atomic E-state index is 12.4. The van der Waals surface area contributed by atoms with Crippen LogP contribution in [0.25, 0.3) is 0 Å². The highest BCUT2D eigenvalue weighted by molar-refractivity contribution is 5.76. The van der Waals surface area contributed by atoms with Crippen molar-refractivity contribution < 1.29 is 24.5 Å². The molecule has 6 nitrogen and oxygen atoms in total. The number of carbonyl (C=O) groups excluding carboxylic acids is 2. The number of unbranched alkanes of at least 4 members (excludes halogenated alkanes) is 51. The van der Waals surface area contributed by atoms with Gasteiger partial charge in [0.1, 0.15) is 0 Å². The lowest BCUT2D eigenvalue weighted by molar-refractivity contribution is -0.143. The molecule has 0 bridgehead atoms. The summed E-state index contributed by atoms with van der Waals surface area (Å²) in [6.07, 6.45) is 86.8. The molecule has 78 heavy (non-hydrogen) atoms. The molecule has 0 rings (SSSR count). The fourth-order valence-electron chi connectivity index (χ4n) is 11.0. The summed E-state index contributed by atoms with van der Waals surface area (Å²) >= 11 is 0. The molecule has 3 N–H and O–H groups in total. The van der Waals surface area contributed by atoms with Gasteiger partial charge >= 0.3 is 5.97 Å². The van der Waals surface area contributed by atoms with Crippen molar-refractivity contribution in [3.8, 4) is 0 Å². The molecule has 0 heterocycles. The van der Waals surface area contributed by atoms with Gasteiger partial charge in [-0.3, -0.25) is 9.59 Å². The number of aliphatic hydroxyl groups excluding tert-OH is 2. The highest BCUT2D eigenvalue weighted by atomic mass is 16.5. The second-order valence-corrected chi connectivity index (χ2v) is 24.2. The van der Waals surface area contributed by atoms with Gasteiger partial charge in [-0.15, -0.1) is 0 Å². The van der Waals surface area contributed by atoms with Crippen molar-refractivity contribution in [2.75, 3.05) is 13.2 Å². The van der Waals surface area contributed by atoms with E-state index in [0.29, 0.717) is 19.4 Å². The van der Waals surface area contributed by atoms with Crippen LogP contribution in [0.3, 0.4) is 0 Å². The number of allylic oxidation sites excluding steroid dienone is 5. The number of aliphatic hydroxyl groups is 2. The van der Waals surface area contributed by atoms with Crippen LogP contribution in [0, 0.1) is 0 Å². The summed E-state index contributed by atoms with van der Waals surface area (Å²) in [4.78, 5) is 24.5. The van der Waals surface area contributed by atoms with E-state index in [4.69, 9.17) is 4.74 Å². The van der Waals surface area contributed by atoms with E-state index in [-0.39, 0.29) is 18.5 Å². The molecule has 0 spiro atoms. The molecule has 6 heteroatoms. The first kappa shape index (κ1) is 76.1. The zero-order valence-electron chi connectivity index (χ0n) is 52.7. The fourth-order valence-corrected chi connectivity index (χ4v) is 11.0. The molecule has 2 unspecified atom stereocenters. The summed E-state index contributed by atoms with van der Waals surface area (Å²) in [5, 5.41) is 23.0. The number of hydrogen-bond donors (Lipinski definition) is 3. The molecule has 0 saturated heterocycles. The first-order valence-electron chi connectivity index (χ1n) is 35.3. The van der Waals surface area contributed by atoms with Crippen LogP contribution in [0.4, 0.5) is 0 Å². The summed E-state index contributed by atoms with van der Waals surface area (Å²) < 4.78 is 5.50. The Kier molecular flexibility index (Phi) is 65.9. The van der Waals surface area contributed by atoms with E-state index in [1.807, 2.05) is 6.08 Å². The third-order valence-corrected chi connectivity index (χ3v) is 16.4. The highest BCUT2D eigenvalue weighted by Crippen LogP contribution is 2.18. The maximum Gasteiger partial charge on any atom is 0.305 e. The van der Waals surface area contributed by atoms with Crippen LogP contribution in [-0.2, 0) is 14.3 Å². The van der Waals surface area contributed by atoms with Crippen molar-refractivity contribution in [3.05, 3.63) is 36.5 Å². The average Bonchev–Trinajstić information content (AvgIpc) is 3.44. The molecule has 0 aromatic rings. The molecule has 0 fully saturated rings. The molecule has 1 amide bonds. The third-order valence-electron chi connectivity index (χ3n) is 16.4. The molecule has 2 atom stereocenters. The Balaban J connectivity index is 3.33. The van der Waals surface area contributed by atoms with Gasteiger partial charge in [0.25, 0.3) is 0 Å². The van der Waals surface area contributed by atoms with Crippen molar-refractivity contribution in [1.82, 2.24) is 5.32 Å². The van der Waals surface area contributed by atoms with Crippen LogP contribution < -0.4 is 5.32 Å². The zero-order chi connectivity index (χ0) is 56.4. The van der Waals surface area contributed by atoms with E-state index in [1.54, 1.807) is 6.08 Å². The van der Waals surface area contributed by atoms with Crippen LogP contribution in [0.5, 0.6) is 0 Å². The highest BCUT2D eigenvalue weighted by Gasteiger charge is 2.18. The molecule has 0 saturated carbocycles. The van der Waals surface area contributed by atoms with Gasteiger partial charge in [-0.25, -0.2) is 0 Å². The Morgan fingerprint density at radius 3 is 0.974 bits per heavy atom. The molecule has 0 aliphatic rings. The summed E-state index contributed by atoms with van der Waals surface area (Å²) in [5.41, 5.74) is 0. The SMILES string of the molecule is CCCCCCCCC/C=C/C(O)C(CO)NC(=O)CCCCCCCCCCCCCCCCCCC/C=C\C/C=C\CCCCCCCCCCCCCCCOC(=O)CCCCCCCCCCCCCCCCC. The van der Waals surface area contributed by atoms with Crippen molar-refractivity contribution in [3.63, 3.8) is 0 Å². The molecule has 0 aliphatic heterocycles. The second-order valence-electron chi connectivity index (χ2n) is 24.2. The van der Waals surface area contributed by atoms with E-state index >= 15 is 0 Å². The lowest BCUT2D eigenvalue weighted by Crippen LogP contribution is -2.45. The number of hydrogen-bond acceptors (Lipinski definition) is 5. The topological polar surface area (TPSA) is 95.9 Å². The van der Waals surface area contributed by atoms with Gasteiger partial charge in [0.15, 0.2) is 0 Å². The molecule has 0 radical (unpaired) electrons. The minimum atomic E-state index is -0.840. The summed E-state index contributed by atoms with van der Waals surface area (Å²) in [7, 11) is 0. The fraction of sp³-hybridized carbons (Fsp3) is 0.889. The number of esters is 1. The average molecular weight is 1100 g/mol. The van der Waals surface area contributed by atoms with Crippen LogP contribution >= 0.6 is 0 Å². The van der Waals surface area contributed by atoms with E-state index in [9.17, 15) is 19.8 Å². The minimum absolute atomic E-state index is 0.0217. The smallest absolute Gasteiger partial charge is 0.305 e. The third kappa shape index (κ3) is 63.3. The Morgan fingerprint density at radius 2 is 0.641 bits per heavy atom. The number of amides is 1. The van der Waals surface area contributed by atoms with E-state index < -0.39 is 12.1 Å². The Bertz CT molecular complexity index is 1260. The van der Waals surface area contributed by atoms with Crippen LogP contribution in [0.2, 0.25) is 0 Å². The van der Waals surface area contributed by atoms with Crippen LogP contribution in [0.15, 0.2) is 36.5 Å². The monoisotopic (exact) mass is 1100 g/mol. The van der Waals surface area contributed by atoms with Gasteiger partial charge in [-0.05, 0) is 64.2 Å². The van der Waals surface area contributed by atoms with Crippen molar-refractivity contribution in [2.45, 2.75) is 398 Å². The number of carbonyl (C=O) groups is 2. The van der Waals surface area contributed by atoms with Gasteiger partial charge in [0.2, 0.25) is 5.91 Å². The normalized spacial score (nSPS) is 12.7. The zero-order valence-corrected chi connectivity index (χ0v) is 52.7. The largest absolute Gasteiger partial charge is 0.466 e. The summed E-state index contributed by atoms with van der Waals surface area (Å²) in [6, 6.07) is -0.623. The predicted octanol–water partition coefficient (Wildman–Crippen LogP) is 22.7. The van der Waals surface area contributed by atoms with E-state index in [0.717, 1.165) is 44.9 Å². The lowest BCUT2D eigenvalue weighted by Gasteiger charge is -2.20. The Morgan fingerprint density at radius 1 is 0.359 bits per heavy atom. The van der Waals surface area contributed by atoms with Crippen molar-refractivity contribution >= 4 is 11.9 Å². The molecule has 460 valence electrons. The van der Waals surface area contributed by atoms with Gasteiger partial charge in [0.05, 0.1) is 25.4 Å². The number of nitrogens with one attached hydrogen (secondary N) is 1. The Hall–Kier alpha value is -1.92.